The standard InChI is InChI=1S/C14H16N4/c1-3-10(2)18-9-13(16)14(17-18)12-6-4-11(8-15)5-7-12/h4-7,9-10H,3,16H2,1-2H3. The smallest absolute Gasteiger partial charge is 0.115 e. The number of nitrogens with two attached hydrogens (primary N) is 1. The van der Waals surface area contributed by atoms with Crippen molar-refractivity contribution in [3.8, 4) is 17.3 Å². The summed E-state index contributed by atoms with van der Waals surface area (Å²) >= 11 is 0. The summed E-state index contributed by atoms with van der Waals surface area (Å²) in [5.74, 6) is 0. The molecule has 2 N–H and O–H groups in total. The number of hydrogen-bond acceptors (Lipinski definition) is 3. The third-order valence-corrected chi connectivity index (χ3v) is 3.09. The van der Waals surface area contributed by atoms with Gasteiger partial charge in [-0.2, -0.15) is 10.4 Å². The van der Waals surface area contributed by atoms with E-state index in [4.69, 9.17) is 11.0 Å². The van der Waals surface area contributed by atoms with Crippen LogP contribution in [0, 0.1) is 11.3 Å². The molecule has 0 amide bonds. The van der Waals surface area contributed by atoms with Crippen molar-refractivity contribution in [2.24, 2.45) is 0 Å². The summed E-state index contributed by atoms with van der Waals surface area (Å²) in [5.41, 5.74) is 9.01. The number of benzene rings is 1. The fourth-order valence-electron chi connectivity index (χ4n) is 1.75. The van der Waals surface area contributed by atoms with E-state index in [1.54, 1.807) is 12.1 Å². The lowest BCUT2D eigenvalue weighted by Crippen LogP contribution is -2.04. The van der Waals surface area contributed by atoms with Crippen LogP contribution in [0.4, 0.5) is 5.69 Å². The highest BCUT2D eigenvalue weighted by Crippen LogP contribution is 2.26. The average Bonchev–Trinajstić information content (AvgIpc) is 2.80. The quantitative estimate of drug-likeness (QED) is 0.896. The minimum atomic E-state index is 0.333. The van der Waals surface area contributed by atoms with E-state index in [0.29, 0.717) is 17.3 Å². The van der Waals surface area contributed by atoms with E-state index in [-0.39, 0.29) is 0 Å². The second-order valence-corrected chi connectivity index (χ2v) is 4.36. The minimum Gasteiger partial charge on any atom is -0.396 e. The monoisotopic (exact) mass is 240 g/mol. The number of anilines is 1. The molecule has 2 aromatic rings. The van der Waals surface area contributed by atoms with Crippen LogP contribution in [0.15, 0.2) is 30.5 Å². The van der Waals surface area contributed by atoms with Gasteiger partial charge in [-0.05, 0) is 25.5 Å². The van der Waals surface area contributed by atoms with Gasteiger partial charge in [-0.15, -0.1) is 0 Å². The van der Waals surface area contributed by atoms with Gasteiger partial charge in [-0.25, -0.2) is 0 Å². The van der Waals surface area contributed by atoms with Crippen molar-refractivity contribution < 1.29 is 0 Å². The maximum atomic E-state index is 8.77. The Hall–Kier alpha value is -2.28. The van der Waals surface area contributed by atoms with Crippen molar-refractivity contribution >= 4 is 5.69 Å². The van der Waals surface area contributed by atoms with Gasteiger partial charge in [0, 0.05) is 17.8 Å². The molecule has 1 heterocycles. The molecule has 92 valence electrons. The summed E-state index contributed by atoms with van der Waals surface area (Å²) in [4.78, 5) is 0. The second kappa shape index (κ2) is 4.92. The first kappa shape index (κ1) is 12.2. The third-order valence-electron chi connectivity index (χ3n) is 3.09. The van der Waals surface area contributed by atoms with Crippen molar-refractivity contribution in [2.75, 3.05) is 5.73 Å². The van der Waals surface area contributed by atoms with E-state index < -0.39 is 0 Å². The lowest BCUT2D eigenvalue weighted by molar-refractivity contribution is 0.479. The number of aromatic nitrogens is 2. The molecule has 0 aliphatic rings. The first-order valence-electron chi connectivity index (χ1n) is 6.01. The van der Waals surface area contributed by atoms with E-state index in [1.165, 1.54) is 0 Å². The molecule has 0 aliphatic heterocycles. The molecule has 0 aliphatic carbocycles. The molecule has 0 saturated heterocycles. The molecule has 0 bridgehead atoms. The van der Waals surface area contributed by atoms with Gasteiger partial charge in [-0.1, -0.05) is 19.1 Å². The Labute approximate surface area is 107 Å². The zero-order chi connectivity index (χ0) is 13.1. The van der Waals surface area contributed by atoms with Gasteiger partial charge in [0.05, 0.1) is 17.3 Å². The van der Waals surface area contributed by atoms with Crippen LogP contribution < -0.4 is 5.73 Å². The van der Waals surface area contributed by atoms with Crippen molar-refractivity contribution in [3.63, 3.8) is 0 Å². The highest BCUT2D eigenvalue weighted by Gasteiger charge is 2.11. The van der Waals surface area contributed by atoms with E-state index in [9.17, 15) is 0 Å². The highest BCUT2D eigenvalue weighted by molar-refractivity contribution is 5.72. The Morgan fingerprint density at radius 2 is 2.06 bits per heavy atom. The molecule has 2 rings (SSSR count). The third kappa shape index (κ3) is 2.21. The largest absolute Gasteiger partial charge is 0.396 e. The molecule has 1 aromatic carbocycles. The summed E-state index contributed by atoms with van der Waals surface area (Å²) in [5, 5.41) is 13.3. The normalized spacial score (nSPS) is 12.1. The molecule has 18 heavy (non-hydrogen) atoms. The molecule has 0 spiro atoms. The molecule has 0 fully saturated rings. The molecule has 0 saturated carbocycles. The van der Waals surface area contributed by atoms with Gasteiger partial charge >= 0.3 is 0 Å². The molecule has 0 radical (unpaired) electrons. The predicted molar refractivity (Wildman–Crippen MR) is 71.8 cm³/mol. The van der Waals surface area contributed by atoms with Gasteiger partial charge in [0.25, 0.3) is 0 Å². The molecular formula is C14H16N4. The van der Waals surface area contributed by atoms with Crippen molar-refractivity contribution in [1.82, 2.24) is 9.78 Å². The Morgan fingerprint density at radius 1 is 1.39 bits per heavy atom. The van der Waals surface area contributed by atoms with Crippen LogP contribution in [0.1, 0.15) is 31.9 Å². The van der Waals surface area contributed by atoms with Gasteiger partial charge < -0.3 is 5.73 Å². The number of hydrogen-bond donors (Lipinski definition) is 1. The van der Waals surface area contributed by atoms with E-state index in [2.05, 4.69) is 25.0 Å². The summed E-state index contributed by atoms with van der Waals surface area (Å²) in [6.07, 6.45) is 2.87. The molecule has 1 atom stereocenters. The molecule has 1 unspecified atom stereocenters. The molecule has 1 aromatic heterocycles. The second-order valence-electron chi connectivity index (χ2n) is 4.36. The molecule has 4 heteroatoms. The molecular weight excluding hydrogens is 224 g/mol. The van der Waals surface area contributed by atoms with Crippen LogP contribution in [0.25, 0.3) is 11.3 Å². The fraction of sp³-hybridized carbons (Fsp3) is 0.286. The van der Waals surface area contributed by atoms with E-state index >= 15 is 0 Å². The van der Waals surface area contributed by atoms with E-state index in [0.717, 1.165) is 17.7 Å². The Kier molecular flexibility index (Phi) is 3.33. The Balaban J connectivity index is 2.38. The van der Waals surface area contributed by atoms with Gasteiger partial charge in [-0.3, -0.25) is 4.68 Å². The topological polar surface area (TPSA) is 67.6 Å². The molecule has 4 nitrogen and oxygen atoms in total. The van der Waals surface area contributed by atoms with Gasteiger partial charge in [0.15, 0.2) is 0 Å². The predicted octanol–water partition coefficient (Wildman–Crippen LogP) is 2.97. The highest BCUT2D eigenvalue weighted by atomic mass is 15.3. The van der Waals surface area contributed by atoms with Crippen LogP contribution in [0.2, 0.25) is 0 Å². The van der Waals surface area contributed by atoms with Crippen LogP contribution in [-0.4, -0.2) is 9.78 Å². The number of nitrogens with zero attached hydrogens (tertiary/aromatic N) is 3. The Bertz CT molecular complexity index is 575. The maximum Gasteiger partial charge on any atom is 0.115 e. The summed E-state index contributed by atoms with van der Waals surface area (Å²) in [6.45, 7) is 4.22. The van der Waals surface area contributed by atoms with Gasteiger partial charge in [0.1, 0.15) is 5.69 Å². The summed E-state index contributed by atoms with van der Waals surface area (Å²) in [6, 6.07) is 9.72. The zero-order valence-corrected chi connectivity index (χ0v) is 10.6. The van der Waals surface area contributed by atoms with E-state index in [1.807, 2.05) is 23.0 Å². The summed E-state index contributed by atoms with van der Waals surface area (Å²) < 4.78 is 1.89. The zero-order valence-electron chi connectivity index (χ0n) is 10.6. The maximum absolute atomic E-state index is 8.77. The van der Waals surface area contributed by atoms with Gasteiger partial charge in [0.2, 0.25) is 0 Å². The number of rotatable bonds is 3. The number of nitrogen functional groups attached to an aromatic ring is 1. The summed E-state index contributed by atoms with van der Waals surface area (Å²) in [7, 11) is 0. The minimum absolute atomic E-state index is 0.333. The van der Waals surface area contributed by atoms with Crippen molar-refractivity contribution in [1.29, 1.82) is 5.26 Å². The number of nitriles is 1. The SMILES string of the molecule is CCC(C)n1cc(N)c(-c2ccc(C#N)cc2)n1. The first-order valence-corrected chi connectivity index (χ1v) is 6.01. The van der Waals surface area contributed by atoms with Crippen molar-refractivity contribution in [3.05, 3.63) is 36.0 Å². The average molecular weight is 240 g/mol. The van der Waals surface area contributed by atoms with Crippen LogP contribution in [0.5, 0.6) is 0 Å². The van der Waals surface area contributed by atoms with Crippen LogP contribution in [-0.2, 0) is 0 Å². The lowest BCUT2D eigenvalue weighted by atomic mass is 10.1. The Morgan fingerprint density at radius 3 is 2.61 bits per heavy atom. The lowest BCUT2D eigenvalue weighted by Gasteiger charge is -2.07. The van der Waals surface area contributed by atoms with Crippen LogP contribution >= 0.6 is 0 Å². The van der Waals surface area contributed by atoms with Crippen LogP contribution in [0.3, 0.4) is 0 Å². The van der Waals surface area contributed by atoms with Crippen molar-refractivity contribution in [2.45, 2.75) is 26.3 Å². The first-order chi connectivity index (χ1) is 8.65. The fourth-order valence-corrected chi connectivity index (χ4v) is 1.75.